The largest absolute Gasteiger partial charge is 0.501 e. The van der Waals surface area contributed by atoms with E-state index in [4.69, 9.17) is 73.1 Å². The molecule has 22 heteroatoms. The summed E-state index contributed by atoms with van der Waals surface area (Å²) >= 11 is 0. The molecule has 0 saturated carbocycles. The van der Waals surface area contributed by atoms with Crippen LogP contribution in [0.4, 0.5) is 0 Å². The van der Waals surface area contributed by atoms with Gasteiger partial charge in [-0.2, -0.15) is 0 Å². The first-order valence-corrected chi connectivity index (χ1v) is 40.9. The van der Waals surface area contributed by atoms with Crippen LogP contribution in [0.2, 0.25) is 24.2 Å². The Morgan fingerprint density at radius 1 is 0.286 bits per heavy atom. The summed E-state index contributed by atoms with van der Waals surface area (Å²) in [5.41, 5.74) is 4.72. The van der Waals surface area contributed by atoms with Gasteiger partial charge in [-0.1, -0.05) is 55.4 Å². The molecule has 0 bridgehead atoms. The van der Waals surface area contributed by atoms with E-state index in [1.807, 2.05) is 55.4 Å². The summed E-state index contributed by atoms with van der Waals surface area (Å²) in [5.74, 6) is 2.27. The molecular formula is C62H132N6O12Si4. The Kier molecular flexibility index (Phi) is 50.1. The Morgan fingerprint density at radius 3 is 0.619 bits per heavy atom. The molecule has 0 aromatic rings. The van der Waals surface area contributed by atoms with Crippen molar-refractivity contribution in [1.82, 2.24) is 9.80 Å². The van der Waals surface area contributed by atoms with Crippen LogP contribution in [-0.4, -0.2) is 213 Å². The maximum Gasteiger partial charge on any atom is 0.501 e. The molecule has 0 spiro atoms. The van der Waals surface area contributed by atoms with Crippen molar-refractivity contribution in [2.45, 2.75) is 214 Å². The smallest absolute Gasteiger partial charge is 0.374 e. The van der Waals surface area contributed by atoms with E-state index >= 15 is 0 Å². The summed E-state index contributed by atoms with van der Waals surface area (Å²) in [6.45, 7) is 55.1. The molecule has 0 radical (unpaired) electrons. The van der Waals surface area contributed by atoms with E-state index in [1.165, 1.54) is 22.8 Å². The van der Waals surface area contributed by atoms with Crippen LogP contribution in [0.5, 0.6) is 0 Å². The normalized spacial score (nSPS) is 14.0. The lowest BCUT2D eigenvalue weighted by atomic mass is 10.1. The summed E-state index contributed by atoms with van der Waals surface area (Å²) in [6, 6.07) is 2.78. The van der Waals surface area contributed by atoms with Gasteiger partial charge in [0.15, 0.2) is 0 Å². The van der Waals surface area contributed by atoms with Crippen LogP contribution in [0, 0.1) is 23.7 Å². The standard InChI is InChI=1S/C62H132N6O12Si4/c1-21-69-81(70-22-2,47-29-33-63-59(17)51-55(9)10)77-43-39-67(40-44-78-82(71-23-3,72-24-4)48-30-34-64-60(18)52-56(11)12)37-38-68(41-45-79-83(73-25-5,74-26-6)49-31-35-65-61(19)53-57(13)14)42-46-80-84(75-27-7,76-28-8)50-32-36-66-62(20)54-58(15)16/h55-58H,21-54H2,1-20H3/b63-59+,64-60+,65-61+,66-62+. The molecule has 0 aromatic heterocycles. The van der Waals surface area contributed by atoms with Crippen LogP contribution >= 0.6 is 0 Å². The number of rotatable bonds is 59. The maximum absolute atomic E-state index is 6.88. The van der Waals surface area contributed by atoms with E-state index in [0.717, 1.165) is 77.5 Å². The minimum absolute atomic E-state index is 0.428. The Labute approximate surface area is 520 Å². The molecule has 0 aliphatic carbocycles. The topological polar surface area (TPSA) is 167 Å². The van der Waals surface area contributed by atoms with E-state index in [0.29, 0.717) is 166 Å². The van der Waals surface area contributed by atoms with Crippen LogP contribution in [0.25, 0.3) is 0 Å². The molecule has 0 atom stereocenters. The van der Waals surface area contributed by atoms with Crippen LogP contribution in [-0.2, 0) is 53.1 Å². The number of hydrogen-bond donors (Lipinski definition) is 0. The number of hydrogen-bond acceptors (Lipinski definition) is 18. The van der Waals surface area contributed by atoms with Crippen molar-refractivity contribution in [1.29, 1.82) is 0 Å². The van der Waals surface area contributed by atoms with Crippen molar-refractivity contribution >= 4 is 58.1 Å². The molecule has 0 N–H and O–H groups in total. The second-order valence-electron chi connectivity index (χ2n) is 23.5. The van der Waals surface area contributed by atoms with Crippen molar-refractivity contribution in [3.05, 3.63) is 0 Å². The number of nitrogens with zero attached hydrogens (tertiary/aromatic N) is 6. The summed E-state index contributed by atoms with van der Waals surface area (Å²) in [6.07, 6.45) is 7.28. The molecule has 0 aliphatic rings. The summed E-state index contributed by atoms with van der Waals surface area (Å²) in [4.78, 5) is 24.4. The average Bonchev–Trinajstić information content (AvgIpc) is 3.52. The fourth-order valence-corrected chi connectivity index (χ4v) is 20.5. The molecule has 498 valence electrons. The van der Waals surface area contributed by atoms with Gasteiger partial charge >= 0.3 is 35.2 Å². The first-order chi connectivity index (χ1) is 40.1. The van der Waals surface area contributed by atoms with E-state index in [2.05, 4.69) is 92.9 Å². The lowest BCUT2D eigenvalue weighted by Crippen LogP contribution is -2.50. The van der Waals surface area contributed by atoms with Crippen molar-refractivity contribution in [2.75, 3.05) is 145 Å². The molecule has 0 fully saturated rings. The molecule has 0 aromatic carbocycles. The van der Waals surface area contributed by atoms with Gasteiger partial charge in [0.1, 0.15) is 0 Å². The highest BCUT2D eigenvalue weighted by Crippen LogP contribution is 2.23. The molecule has 18 nitrogen and oxygen atoms in total. The highest BCUT2D eigenvalue weighted by molar-refractivity contribution is 6.61. The number of aliphatic imine (C=N–C) groups is 4. The minimum atomic E-state index is -3.05. The van der Waals surface area contributed by atoms with Crippen LogP contribution in [0.15, 0.2) is 20.0 Å². The summed E-state index contributed by atoms with van der Waals surface area (Å²) in [5, 5.41) is 0. The second-order valence-corrected chi connectivity index (χ2v) is 34.5. The molecular weight excluding hydrogens is 1130 g/mol. The second kappa shape index (κ2) is 50.7. The van der Waals surface area contributed by atoms with Crippen molar-refractivity contribution in [3.8, 4) is 0 Å². The van der Waals surface area contributed by atoms with Gasteiger partial charge in [0.25, 0.3) is 0 Å². The quantitative estimate of drug-likeness (QED) is 0.0320. The van der Waals surface area contributed by atoms with Gasteiger partial charge in [0.05, 0.1) is 26.4 Å². The van der Waals surface area contributed by atoms with Crippen LogP contribution < -0.4 is 0 Å². The van der Waals surface area contributed by atoms with Crippen molar-refractivity contribution < 1.29 is 53.1 Å². The highest BCUT2D eigenvalue weighted by atomic mass is 28.4. The monoisotopic (exact) mass is 1260 g/mol. The molecule has 0 unspecified atom stereocenters. The fourth-order valence-electron chi connectivity index (χ4n) is 10.3. The SMILES string of the molecule is CCO[Si](CCC/N=C(\C)CC(C)C)(OCC)OCCN(CCO[Si](CCC/N=C(\C)CC(C)C)(OCC)OCC)CCN(CCO[Si](CCC/N=C(\C)CC(C)C)(OCC)OCC)CCO[Si](CCC/N=C(\C)CC(C)C)(OCC)OCC. The average molecular weight is 1270 g/mol. The third-order valence-electron chi connectivity index (χ3n) is 13.5. The fraction of sp³-hybridized carbons (Fsp3) is 0.935. The lowest BCUT2D eigenvalue weighted by Gasteiger charge is -2.34. The predicted molar refractivity (Wildman–Crippen MR) is 360 cm³/mol. The minimum Gasteiger partial charge on any atom is -0.374 e. The molecule has 0 amide bonds. The van der Waals surface area contributed by atoms with E-state index < -0.39 is 35.2 Å². The van der Waals surface area contributed by atoms with Gasteiger partial charge < -0.3 is 53.1 Å². The van der Waals surface area contributed by atoms with Crippen LogP contribution in [0.3, 0.4) is 0 Å². The van der Waals surface area contributed by atoms with Gasteiger partial charge in [0.2, 0.25) is 0 Å². The lowest BCUT2D eigenvalue weighted by molar-refractivity contribution is 0.0351. The van der Waals surface area contributed by atoms with E-state index in [1.54, 1.807) is 0 Å². The third kappa shape index (κ3) is 41.3. The Hall–Kier alpha value is -1.01. The molecule has 0 heterocycles. The Balaban J connectivity index is 7.21. The van der Waals surface area contributed by atoms with E-state index in [-0.39, 0.29) is 0 Å². The zero-order chi connectivity index (χ0) is 63.1. The van der Waals surface area contributed by atoms with Crippen molar-refractivity contribution in [2.24, 2.45) is 43.6 Å². The summed E-state index contributed by atoms with van der Waals surface area (Å²) < 4.78 is 79.4. The molecule has 0 aliphatic heterocycles. The van der Waals surface area contributed by atoms with Gasteiger partial charge in [0, 0.05) is 165 Å². The first-order valence-electron chi connectivity index (χ1n) is 33.2. The van der Waals surface area contributed by atoms with Gasteiger partial charge in [-0.3, -0.25) is 29.8 Å². The van der Waals surface area contributed by atoms with Gasteiger partial charge in [-0.15, -0.1) is 0 Å². The zero-order valence-corrected chi connectivity index (χ0v) is 61.9. The van der Waals surface area contributed by atoms with Gasteiger partial charge in [-0.05, 0) is 158 Å². The maximum atomic E-state index is 6.88. The van der Waals surface area contributed by atoms with Crippen LogP contribution in [0.1, 0.15) is 190 Å². The first kappa shape index (κ1) is 83.0. The van der Waals surface area contributed by atoms with E-state index in [9.17, 15) is 0 Å². The Morgan fingerprint density at radius 2 is 0.464 bits per heavy atom. The zero-order valence-electron chi connectivity index (χ0n) is 57.9. The summed E-state index contributed by atoms with van der Waals surface area (Å²) in [7, 11) is -12.2. The van der Waals surface area contributed by atoms with Gasteiger partial charge in [-0.25, -0.2) is 0 Å². The third-order valence-corrected chi connectivity index (χ3v) is 25.7. The molecule has 0 rings (SSSR count). The van der Waals surface area contributed by atoms with Crippen molar-refractivity contribution in [3.63, 3.8) is 0 Å². The molecule has 0 saturated heterocycles. The highest BCUT2D eigenvalue weighted by Gasteiger charge is 2.43. The predicted octanol–water partition coefficient (Wildman–Crippen LogP) is 13.3. The Bertz CT molecular complexity index is 1460. The molecule has 84 heavy (non-hydrogen) atoms.